The van der Waals surface area contributed by atoms with Crippen molar-refractivity contribution in [2.24, 2.45) is 11.7 Å². The highest BCUT2D eigenvalue weighted by molar-refractivity contribution is 5.71. The van der Waals surface area contributed by atoms with Crippen molar-refractivity contribution in [1.82, 2.24) is 4.90 Å². The summed E-state index contributed by atoms with van der Waals surface area (Å²) in [6.07, 6.45) is 3.66. The van der Waals surface area contributed by atoms with E-state index in [-0.39, 0.29) is 18.6 Å². The number of carbonyl (C=O) groups is 1. The second-order valence-electron chi connectivity index (χ2n) is 6.93. The van der Waals surface area contributed by atoms with E-state index in [0.717, 1.165) is 31.7 Å². The molecule has 132 valence electrons. The molecule has 1 aromatic carbocycles. The molecule has 2 heterocycles. The third-order valence-corrected chi connectivity index (χ3v) is 5.12. The zero-order valence-electron chi connectivity index (χ0n) is 13.9. The molecule has 2 N–H and O–H groups in total. The molecule has 4 nitrogen and oxygen atoms in total. The van der Waals surface area contributed by atoms with Crippen molar-refractivity contribution in [1.29, 1.82) is 0 Å². The van der Waals surface area contributed by atoms with Crippen LogP contribution in [0.3, 0.4) is 0 Å². The molecule has 0 bridgehead atoms. The fourth-order valence-electron chi connectivity index (χ4n) is 4.04. The molecule has 6 heteroatoms. The molecular weight excluding hydrogens is 314 g/mol. The van der Waals surface area contributed by atoms with Gasteiger partial charge in [-0.25, -0.2) is 13.6 Å². The highest BCUT2D eigenvalue weighted by atomic mass is 19.1. The third-order valence-electron chi connectivity index (χ3n) is 5.12. The number of rotatable bonds is 5. The fraction of sp³-hybridized carbons (Fsp3) is 0.611. The molecule has 2 fully saturated rings. The van der Waals surface area contributed by atoms with Crippen LogP contribution < -0.4 is 5.73 Å². The van der Waals surface area contributed by atoms with Gasteiger partial charge in [-0.3, -0.25) is 0 Å². The molecule has 0 radical (unpaired) electrons. The number of hydrogen-bond donors (Lipinski definition) is 1. The largest absolute Gasteiger partial charge is 0.442 e. The van der Waals surface area contributed by atoms with E-state index in [4.69, 9.17) is 10.5 Å². The first-order valence-electron chi connectivity index (χ1n) is 8.65. The number of nitrogens with zero attached hydrogens (tertiary/aromatic N) is 1. The Kier molecular flexibility index (Phi) is 5.04. The number of benzene rings is 1. The van der Waals surface area contributed by atoms with Crippen molar-refractivity contribution < 1.29 is 18.3 Å². The molecule has 0 spiro atoms. The summed E-state index contributed by atoms with van der Waals surface area (Å²) in [5, 5.41) is 0. The quantitative estimate of drug-likeness (QED) is 0.897. The van der Waals surface area contributed by atoms with Gasteiger partial charge in [0, 0.05) is 18.7 Å². The number of ether oxygens (including phenoxy) is 1. The van der Waals surface area contributed by atoms with Gasteiger partial charge in [0.2, 0.25) is 0 Å². The summed E-state index contributed by atoms with van der Waals surface area (Å²) in [7, 11) is 0. The zero-order chi connectivity index (χ0) is 17.3. The molecular formula is C18H24F2N2O2. The number of nitrogens with two attached hydrogens (primary N) is 1. The second kappa shape index (κ2) is 7.05. The molecule has 1 unspecified atom stereocenters. The van der Waals surface area contributed by atoms with Gasteiger partial charge in [0.25, 0.3) is 0 Å². The first-order valence-corrected chi connectivity index (χ1v) is 8.65. The standard InChI is InChI=1S/C18H24F2N2O2/c1-2-3-11-4-5-22-16(9-11)17(24-18(22)23)15(21)8-12-6-13(19)10-14(20)7-12/h6-7,10-11,15-17H,2-5,8-9,21H2,1H3/t11?,15-,16-,17-/m0/s1. The van der Waals surface area contributed by atoms with E-state index >= 15 is 0 Å². The Hall–Kier alpha value is -1.69. The Morgan fingerprint density at radius 1 is 1.33 bits per heavy atom. The second-order valence-corrected chi connectivity index (χ2v) is 6.93. The lowest BCUT2D eigenvalue weighted by molar-refractivity contribution is 0.106. The minimum atomic E-state index is -0.622. The highest BCUT2D eigenvalue weighted by Gasteiger charge is 2.47. The van der Waals surface area contributed by atoms with Gasteiger partial charge in [-0.1, -0.05) is 19.8 Å². The van der Waals surface area contributed by atoms with Crippen LogP contribution >= 0.6 is 0 Å². The summed E-state index contributed by atoms with van der Waals surface area (Å²) in [6.45, 7) is 2.86. The summed E-state index contributed by atoms with van der Waals surface area (Å²) < 4.78 is 32.2. The molecule has 0 aromatic heterocycles. The normalized spacial score (nSPS) is 27.8. The minimum Gasteiger partial charge on any atom is -0.442 e. The number of piperidine rings is 1. The van der Waals surface area contributed by atoms with Crippen LogP contribution in [0.2, 0.25) is 0 Å². The number of amides is 1. The first-order chi connectivity index (χ1) is 11.5. The van der Waals surface area contributed by atoms with Gasteiger partial charge in [-0.2, -0.15) is 0 Å². The molecule has 4 atom stereocenters. The molecule has 2 aliphatic rings. The van der Waals surface area contributed by atoms with Crippen LogP contribution in [0.25, 0.3) is 0 Å². The Morgan fingerprint density at radius 3 is 2.71 bits per heavy atom. The van der Waals surface area contributed by atoms with E-state index in [1.54, 1.807) is 4.90 Å². The van der Waals surface area contributed by atoms with Crippen LogP contribution in [0.1, 0.15) is 38.2 Å². The van der Waals surface area contributed by atoms with Crippen LogP contribution in [0.5, 0.6) is 0 Å². The van der Waals surface area contributed by atoms with Gasteiger partial charge in [-0.05, 0) is 42.9 Å². The lowest BCUT2D eigenvalue weighted by Crippen LogP contribution is -2.49. The van der Waals surface area contributed by atoms with E-state index in [1.165, 1.54) is 12.1 Å². The average molecular weight is 338 g/mol. The van der Waals surface area contributed by atoms with E-state index in [1.807, 2.05) is 0 Å². The molecule has 3 rings (SSSR count). The van der Waals surface area contributed by atoms with Crippen molar-refractivity contribution in [3.63, 3.8) is 0 Å². The average Bonchev–Trinajstić information content (AvgIpc) is 2.83. The van der Waals surface area contributed by atoms with Crippen LogP contribution in [0.15, 0.2) is 18.2 Å². The molecule has 2 aliphatic heterocycles. The SMILES string of the molecule is CCCC1CCN2C(=O)O[C@@H]([C@@H](N)Cc3cc(F)cc(F)c3)[C@@H]2C1. The van der Waals surface area contributed by atoms with Crippen molar-refractivity contribution in [2.75, 3.05) is 6.54 Å². The van der Waals surface area contributed by atoms with Gasteiger partial charge >= 0.3 is 6.09 Å². The summed E-state index contributed by atoms with van der Waals surface area (Å²) in [5.74, 6) is -0.669. The Bertz CT molecular complexity index is 590. The summed E-state index contributed by atoms with van der Waals surface area (Å²) in [5.41, 5.74) is 6.73. The number of cyclic esters (lactones) is 1. The smallest absolute Gasteiger partial charge is 0.410 e. The lowest BCUT2D eigenvalue weighted by Gasteiger charge is -2.35. The topological polar surface area (TPSA) is 55.6 Å². The maximum absolute atomic E-state index is 13.3. The minimum absolute atomic E-state index is 0.0313. The van der Waals surface area contributed by atoms with Gasteiger partial charge in [-0.15, -0.1) is 0 Å². The van der Waals surface area contributed by atoms with E-state index in [0.29, 0.717) is 18.0 Å². The molecule has 24 heavy (non-hydrogen) atoms. The Balaban J connectivity index is 1.71. The van der Waals surface area contributed by atoms with Crippen molar-refractivity contribution in [3.8, 4) is 0 Å². The molecule has 1 aromatic rings. The van der Waals surface area contributed by atoms with E-state index < -0.39 is 23.8 Å². The first kappa shape index (κ1) is 17.1. The summed E-state index contributed by atoms with van der Waals surface area (Å²) in [6, 6.07) is 2.88. The number of fused-ring (bicyclic) bond motifs is 1. The Labute approximate surface area is 141 Å². The van der Waals surface area contributed by atoms with Crippen LogP contribution in [-0.2, 0) is 11.2 Å². The molecule has 1 amide bonds. The highest BCUT2D eigenvalue weighted by Crippen LogP contribution is 2.35. The van der Waals surface area contributed by atoms with Crippen molar-refractivity contribution >= 4 is 6.09 Å². The predicted octanol–water partition coefficient (Wildman–Crippen LogP) is 3.23. The van der Waals surface area contributed by atoms with E-state index in [2.05, 4.69) is 6.92 Å². The van der Waals surface area contributed by atoms with Crippen LogP contribution in [0, 0.1) is 17.6 Å². The number of halogens is 2. The predicted molar refractivity (Wildman–Crippen MR) is 86.4 cm³/mol. The van der Waals surface area contributed by atoms with Gasteiger partial charge in [0.1, 0.15) is 17.7 Å². The van der Waals surface area contributed by atoms with Gasteiger partial charge < -0.3 is 15.4 Å². The monoisotopic (exact) mass is 338 g/mol. The summed E-state index contributed by atoms with van der Waals surface area (Å²) >= 11 is 0. The molecule has 0 aliphatic carbocycles. The van der Waals surface area contributed by atoms with Crippen LogP contribution in [-0.4, -0.2) is 35.7 Å². The zero-order valence-corrected chi connectivity index (χ0v) is 13.9. The van der Waals surface area contributed by atoms with Crippen molar-refractivity contribution in [2.45, 2.75) is 57.2 Å². The lowest BCUT2D eigenvalue weighted by atomic mass is 9.84. The van der Waals surface area contributed by atoms with Gasteiger partial charge in [0.05, 0.1) is 6.04 Å². The number of carbonyl (C=O) groups excluding carboxylic acids is 1. The maximum Gasteiger partial charge on any atom is 0.410 e. The van der Waals surface area contributed by atoms with Crippen LogP contribution in [0.4, 0.5) is 13.6 Å². The number of hydrogen-bond acceptors (Lipinski definition) is 3. The Morgan fingerprint density at radius 2 is 2.04 bits per heavy atom. The fourth-order valence-corrected chi connectivity index (χ4v) is 4.04. The van der Waals surface area contributed by atoms with Gasteiger partial charge in [0.15, 0.2) is 0 Å². The maximum atomic E-state index is 13.3. The summed E-state index contributed by atoms with van der Waals surface area (Å²) in [4.78, 5) is 13.8. The molecule has 2 saturated heterocycles. The van der Waals surface area contributed by atoms with Crippen molar-refractivity contribution in [3.05, 3.63) is 35.4 Å². The van der Waals surface area contributed by atoms with E-state index in [9.17, 15) is 13.6 Å². The molecule has 0 saturated carbocycles. The third kappa shape index (κ3) is 3.53.